The van der Waals surface area contributed by atoms with E-state index < -0.39 is 0 Å². The van der Waals surface area contributed by atoms with Crippen LogP contribution in [0.25, 0.3) is 0 Å². The Morgan fingerprint density at radius 3 is 2.44 bits per heavy atom. The van der Waals surface area contributed by atoms with Crippen LogP contribution in [0.3, 0.4) is 0 Å². The molecule has 0 bridgehead atoms. The Morgan fingerprint density at radius 1 is 0.846 bits per heavy atom. The SMILES string of the molecule is COc1cc(CCN2CCCC2)ccc1CN1CCCN(c2ccc(OC)c(OCCCCC3CC3)c2)C1=O. The Balaban J connectivity index is 1.21. The summed E-state index contributed by atoms with van der Waals surface area (Å²) in [6.07, 6.45) is 10.9. The number of carbonyl (C=O) groups excluding carboxylic acids is 1. The maximum absolute atomic E-state index is 13.6. The summed E-state index contributed by atoms with van der Waals surface area (Å²) in [5, 5.41) is 0. The zero-order valence-corrected chi connectivity index (χ0v) is 23.8. The quantitative estimate of drug-likeness (QED) is 0.272. The van der Waals surface area contributed by atoms with Gasteiger partial charge in [-0.1, -0.05) is 31.4 Å². The molecule has 39 heavy (non-hydrogen) atoms. The molecule has 7 nitrogen and oxygen atoms in total. The van der Waals surface area contributed by atoms with Gasteiger partial charge in [-0.2, -0.15) is 0 Å². The van der Waals surface area contributed by atoms with Crippen molar-refractivity contribution >= 4 is 11.7 Å². The molecule has 2 saturated heterocycles. The molecule has 0 spiro atoms. The normalized spacial score (nSPS) is 18.1. The number of likely N-dealkylation sites (tertiary alicyclic amines) is 1. The Kier molecular flexibility index (Phi) is 9.51. The lowest BCUT2D eigenvalue weighted by Crippen LogP contribution is -2.49. The second kappa shape index (κ2) is 13.4. The second-order valence-electron chi connectivity index (χ2n) is 11.3. The van der Waals surface area contributed by atoms with Crippen molar-refractivity contribution in [2.75, 3.05) is 58.5 Å². The second-order valence-corrected chi connectivity index (χ2v) is 11.3. The number of hydrogen-bond donors (Lipinski definition) is 0. The molecule has 0 aromatic heterocycles. The maximum Gasteiger partial charge on any atom is 0.324 e. The van der Waals surface area contributed by atoms with Crippen LogP contribution in [-0.4, -0.2) is 69.4 Å². The Hall–Kier alpha value is -2.93. The largest absolute Gasteiger partial charge is 0.496 e. The predicted octanol–water partition coefficient (Wildman–Crippen LogP) is 6.13. The van der Waals surface area contributed by atoms with Gasteiger partial charge >= 0.3 is 6.03 Å². The van der Waals surface area contributed by atoms with Gasteiger partial charge in [0.15, 0.2) is 11.5 Å². The van der Waals surface area contributed by atoms with Gasteiger partial charge < -0.3 is 24.0 Å². The molecule has 2 aromatic carbocycles. The number of urea groups is 1. The number of unbranched alkanes of at least 4 members (excludes halogenated alkanes) is 1. The molecule has 3 fully saturated rings. The number of amides is 2. The van der Waals surface area contributed by atoms with Crippen LogP contribution in [0, 0.1) is 5.92 Å². The lowest BCUT2D eigenvalue weighted by Gasteiger charge is -2.36. The standard InChI is InChI=1S/C32H45N3O4/c1-37-29-14-13-28(23-31(29)39-21-6-3-8-25-9-10-25)35-19-7-18-34(32(35)36)24-27-12-11-26(22-30(27)38-2)15-20-33-16-4-5-17-33/h11-14,22-23,25H,3-10,15-21,24H2,1-2H3. The minimum absolute atomic E-state index is 0.0157. The molecule has 0 N–H and O–H groups in total. The maximum atomic E-state index is 13.6. The van der Waals surface area contributed by atoms with Crippen molar-refractivity contribution in [3.63, 3.8) is 0 Å². The van der Waals surface area contributed by atoms with Crippen molar-refractivity contribution in [3.05, 3.63) is 47.5 Å². The lowest BCUT2D eigenvalue weighted by atomic mass is 10.1. The van der Waals surface area contributed by atoms with E-state index in [9.17, 15) is 4.79 Å². The molecule has 212 valence electrons. The summed E-state index contributed by atoms with van der Waals surface area (Å²) in [6.45, 7) is 6.14. The number of nitrogens with zero attached hydrogens (tertiary/aromatic N) is 3. The third-order valence-corrected chi connectivity index (χ3v) is 8.36. The highest BCUT2D eigenvalue weighted by Gasteiger charge is 2.28. The summed E-state index contributed by atoms with van der Waals surface area (Å²) in [4.78, 5) is 19.9. The van der Waals surface area contributed by atoms with Crippen molar-refractivity contribution in [3.8, 4) is 17.2 Å². The highest BCUT2D eigenvalue weighted by molar-refractivity contribution is 5.93. The van der Waals surface area contributed by atoms with Gasteiger partial charge in [0.05, 0.1) is 27.4 Å². The van der Waals surface area contributed by atoms with Crippen LogP contribution in [0.4, 0.5) is 10.5 Å². The minimum Gasteiger partial charge on any atom is -0.496 e. The zero-order valence-electron chi connectivity index (χ0n) is 23.8. The van der Waals surface area contributed by atoms with Crippen molar-refractivity contribution < 1.29 is 19.0 Å². The van der Waals surface area contributed by atoms with Crippen LogP contribution in [0.1, 0.15) is 62.5 Å². The van der Waals surface area contributed by atoms with Crippen molar-refractivity contribution in [2.24, 2.45) is 5.92 Å². The summed E-state index contributed by atoms with van der Waals surface area (Å²) in [6, 6.07) is 12.3. The molecular weight excluding hydrogens is 490 g/mol. The molecule has 1 saturated carbocycles. The zero-order chi connectivity index (χ0) is 27.0. The van der Waals surface area contributed by atoms with E-state index in [4.69, 9.17) is 14.2 Å². The molecule has 2 amide bonds. The van der Waals surface area contributed by atoms with E-state index in [1.807, 2.05) is 28.0 Å². The molecule has 7 heteroatoms. The molecule has 5 rings (SSSR count). The fraction of sp³-hybridized carbons (Fsp3) is 0.594. The smallest absolute Gasteiger partial charge is 0.324 e. The molecule has 0 unspecified atom stereocenters. The fourth-order valence-corrected chi connectivity index (χ4v) is 5.81. The van der Waals surface area contributed by atoms with Gasteiger partial charge in [-0.15, -0.1) is 0 Å². The number of benzene rings is 2. The summed E-state index contributed by atoms with van der Waals surface area (Å²) in [5.74, 6) is 3.23. The minimum atomic E-state index is 0.0157. The van der Waals surface area contributed by atoms with Gasteiger partial charge in [-0.25, -0.2) is 4.79 Å². The highest BCUT2D eigenvalue weighted by Crippen LogP contribution is 2.35. The summed E-state index contributed by atoms with van der Waals surface area (Å²) in [5.41, 5.74) is 3.18. The number of carbonyl (C=O) groups is 1. The Labute approximate surface area is 234 Å². The molecule has 0 atom stereocenters. The van der Waals surface area contributed by atoms with Gasteiger partial charge in [0.25, 0.3) is 0 Å². The average Bonchev–Trinajstić information content (AvgIpc) is 3.64. The number of hydrogen-bond acceptors (Lipinski definition) is 5. The fourth-order valence-electron chi connectivity index (χ4n) is 5.81. The van der Waals surface area contributed by atoms with Gasteiger partial charge in [-0.05, 0) is 81.3 Å². The molecule has 2 heterocycles. The number of anilines is 1. The number of ether oxygens (including phenoxy) is 3. The van der Waals surface area contributed by atoms with Gasteiger partial charge in [0, 0.05) is 37.0 Å². The molecule has 2 aromatic rings. The molecule has 2 aliphatic heterocycles. The van der Waals surface area contributed by atoms with Crippen LogP contribution in [-0.2, 0) is 13.0 Å². The van der Waals surface area contributed by atoms with Crippen molar-refractivity contribution in [2.45, 2.75) is 64.3 Å². The van der Waals surface area contributed by atoms with Crippen molar-refractivity contribution in [1.82, 2.24) is 9.80 Å². The summed E-state index contributed by atoms with van der Waals surface area (Å²) in [7, 11) is 3.38. The first-order valence-electron chi connectivity index (χ1n) is 14.9. The lowest BCUT2D eigenvalue weighted by molar-refractivity contribution is 0.191. The van der Waals surface area contributed by atoms with E-state index >= 15 is 0 Å². The molecule has 0 radical (unpaired) electrons. The highest BCUT2D eigenvalue weighted by atomic mass is 16.5. The van der Waals surface area contributed by atoms with E-state index in [1.165, 1.54) is 57.2 Å². The van der Waals surface area contributed by atoms with E-state index in [0.29, 0.717) is 31.2 Å². The van der Waals surface area contributed by atoms with E-state index in [-0.39, 0.29) is 6.03 Å². The van der Waals surface area contributed by atoms with Crippen LogP contribution >= 0.6 is 0 Å². The monoisotopic (exact) mass is 535 g/mol. The molecule has 1 aliphatic carbocycles. The van der Waals surface area contributed by atoms with Gasteiger partial charge in [0.2, 0.25) is 0 Å². The van der Waals surface area contributed by atoms with Crippen LogP contribution in [0.2, 0.25) is 0 Å². The van der Waals surface area contributed by atoms with Crippen LogP contribution in [0.15, 0.2) is 36.4 Å². The topological polar surface area (TPSA) is 54.5 Å². The summed E-state index contributed by atoms with van der Waals surface area (Å²) < 4.78 is 17.4. The Morgan fingerprint density at radius 2 is 1.67 bits per heavy atom. The third-order valence-electron chi connectivity index (χ3n) is 8.36. The van der Waals surface area contributed by atoms with E-state index in [2.05, 4.69) is 23.1 Å². The Bertz CT molecular complexity index is 1100. The van der Waals surface area contributed by atoms with E-state index in [0.717, 1.165) is 55.3 Å². The van der Waals surface area contributed by atoms with Crippen molar-refractivity contribution in [1.29, 1.82) is 0 Å². The third kappa shape index (κ3) is 7.38. The van der Waals surface area contributed by atoms with Crippen LogP contribution in [0.5, 0.6) is 17.2 Å². The molecule has 3 aliphatic rings. The average molecular weight is 536 g/mol. The number of rotatable bonds is 14. The van der Waals surface area contributed by atoms with Gasteiger partial charge in [0.1, 0.15) is 5.75 Å². The molecular formula is C32H45N3O4. The van der Waals surface area contributed by atoms with Gasteiger partial charge in [-0.3, -0.25) is 4.90 Å². The van der Waals surface area contributed by atoms with Crippen LogP contribution < -0.4 is 19.1 Å². The van der Waals surface area contributed by atoms with E-state index in [1.54, 1.807) is 14.2 Å². The first-order chi connectivity index (χ1) is 19.1. The first kappa shape index (κ1) is 27.6. The number of methoxy groups -OCH3 is 2. The predicted molar refractivity (Wildman–Crippen MR) is 155 cm³/mol. The summed E-state index contributed by atoms with van der Waals surface area (Å²) >= 11 is 0. The first-order valence-corrected chi connectivity index (χ1v) is 14.9.